The lowest BCUT2D eigenvalue weighted by Gasteiger charge is -2.10. The van der Waals surface area contributed by atoms with Crippen molar-refractivity contribution >= 4 is 23.2 Å². The fourth-order valence-electron chi connectivity index (χ4n) is 1.81. The number of rotatable bonds is 6. The highest BCUT2D eigenvalue weighted by atomic mass is 32.1. The second kappa shape index (κ2) is 7.25. The number of hydrogen-bond acceptors (Lipinski definition) is 5. The molecule has 2 rings (SSSR count). The Hall–Kier alpha value is -1.40. The largest absolute Gasteiger partial charge is 0.463 e. The van der Waals surface area contributed by atoms with E-state index in [0.29, 0.717) is 18.0 Å². The van der Waals surface area contributed by atoms with Gasteiger partial charge < -0.3 is 14.8 Å². The average molecular weight is 283 g/mol. The maximum atomic E-state index is 11.6. The summed E-state index contributed by atoms with van der Waals surface area (Å²) in [6.45, 7) is 1.36. The average Bonchev–Trinajstić information content (AvgIpc) is 3.09. The van der Waals surface area contributed by atoms with Crippen molar-refractivity contribution in [2.75, 3.05) is 19.8 Å². The van der Waals surface area contributed by atoms with Crippen molar-refractivity contribution in [1.29, 1.82) is 0 Å². The predicted octanol–water partition coefficient (Wildman–Crippen LogP) is 1.59. The zero-order chi connectivity index (χ0) is 13.5. The van der Waals surface area contributed by atoms with Crippen molar-refractivity contribution in [2.45, 2.75) is 25.4 Å². The zero-order valence-corrected chi connectivity index (χ0v) is 11.4. The molecule has 0 bridgehead atoms. The van der Waals surface area contributed by atoms with Gasteiger partial charge in [-0.1, -0.05) is 6.07 Å². The molecule has 0 radical (unpaired) electrons. The number of thiophene rings is 1. The van der Waals surface area contributed by atoms with Crippen molar-refractivity contribution < 1.29 is 19.1 Å². The Morgan fingerprint density at radius 3 is 3.11 bits per heavy atom. The predicted molar refractivity (Wildman–Crippen MR) is 71.2 cm³/mol. The van der Waals surface area contributed by atoms with Gasteiger partial charge in [-0.3, -0.25) is 9.59 Å². The van der Waals surface area contributed by atoms with E-state index in [1.807, 2.05) is 11.4 Å². The molecule has 1 N–H and O–H groups in total. The first-order chi connectivity index (χ1) is 9.25. The molecule has 2 heterocycles. The van der Waals surface area contributed by atoms with E-state index in [1.165, 1.54) is 11.3 Å². The lowest BCUT2D eigenvalue weighted by Crippen LogP contribution is -2.26. The molecule has 1 aliphatic heterocycles. The van der Waals surface area contributed by atoms with Crippen LogP contribution in [0, 0.1) is 0 Å². The molecule has 1 aliphatic rings. The number of nitrogens with one attached hydrogen (secondary N) is 1. The number of hydrogen-bond donors (Lipinski definition) is 1. The highest BCUT2D eigenvalue weighted by Gasteiger charge is 2.17. The Balaban J connectivity index is 1.57. The van der Waals surface area contributed by atoms with E-state index >= 15 is 0 Å². The Labute approximate surface area is 115 Å². The minimum Gasteiger partial charge on any atom is -0.463 e. The molecule has 1 aromatic heterocycles. The summed E-state index contributed by atoms with van der Waals surface area (Å²) in [5.41, 5.74) is 0. The van der Waals surface area contributed by atoms with Crippen LogP contribution < -0.4 is 5.32 Å². The third-order valence-corrected chi connectivity index (χ3v) is 3.68. The molecule has 1 atom stereocenters. The molecule has 0 aromatic carbocycles. The van der Waals surface area contributed by atoms with E-state index in [4.69, 9.17) is 9.47 Å². The van der Waals surface area contributed by atoms with E-state index < -0.39 is 0 Å². The van der Waals surface area contributed by atoms with Gasteiger partial charge in [0.2, 0.25) is 0 Å². The summed E-state index contributed by atoms with van der Waals surface area (Å²) < 4.78 is 10.4. The topological polar surface area (TPSA) is 64.6 Å². The van der Waals surface area contributed by atoms with Crippen LogP contribution in [0.2, 0.25) is 0 Å². The summed E-state index contributed by atoms with van der Waals surface area (Å²) in [6, 6.07) is 3.56. The van der Waals surface area contributed by atoms with Gasteiger partial charge in [0, 0.05) is 13.2 Å². The molecule has 19 heavy (non-hydrogen) atoms. The van der Waals surface area contributed by atoms with Gasteiger partial charge >= 0.3 is 5.97 Å². The van der Waals surface area contributed by atoms with E-state index in [9.17, 15) is 9.59 Å². The molecule has 1 aromatic rings. The van der Waals surface area contributed by atoms with Gasteiger partial charge in [0.1, 0.15) is 6.61 Å². The van der Waals surface area contributed by atoms with Crippen molar-refractivity contribution in [1.82, 2.24) is 5.32 Å². The van der Waals surface area contributed by atoms with Crippen LogP contribution in [-0.4, -0.2) is 37.7 Å². The molecule has 1 unspecified atom stereocenters. The first-order valence-electron chi connectivity index (χ1n) is 6.34. The quantitative estimate of drug-likeness (QED) is 0.805. The lowest BCUT2D eigenvalue weighted by molar-refractivity contribution is -0.146. The molecule has 1 fully saturated rings. The summed E-state index contributed by atoms with van der Waals surface area (Å²) in [5.74, 6) is -0.455. The second-order valence-electron chi connectivity index (χ2n) is 4.30. The smallest absolute Gasteiger partial charge is 0.307 e. The van der Waals surface area contributed by atoms with Gasteiger partial charge in [-0.2, -0.15) is 0 Å². The summed E-state index contributed by atoms with van der Waals surface area (Å²) in [4.78, 5) is 23.7. The fraction of sp³-hybridized carbons (Fsp3) is 0.538. The minimum atomic E-state index is -0.304. The second-order valence-corrected chi connectivity index (χ2v) is 5.25. The number of amides is 1. The maximum Gasteiger partial charge on any atom is 0.307 e. The molecule has 0 aliphatic carbocycles. The van der Waals surface area contributed by atoms with Crippen LogP contribution in [0.5, 0.6) is 0 Å². The van der Waals surface area contributed by atoms with Crippen molar-refractivity contribution in [3.63, 3.8) is 0 Å². The summed E-state index contributed by atoms with van der Waals surface area (Å²) in [6.07, 6.45) is 2.20. The molecule has 104 valence electrons. The third-order valence-electron chi connectivity index (χ3n) is 2.81. The highest BCUT2D eigenvalue weighted by Crippen LogP contribution is 2.12. The van der Waals surface area contributed by atoms with E-state index in [1.54, 1.807) is 6.07 Å². The van der Waals surface area contributed by atoms with Crippen LogP contribution in [0.1, 0.15) is 28.9 Å². The molecule has 0 saturated carbocycles. The number of carbonyl (C=O) groups is 2. The fourth-order valence-corrected chi connectivity index (χ4v) is 2.45. The van der Waals surface area contributed by atoms with Crippen LogP contribution in [0.15, 0.2) is 17.5 Å². The molecule has 0 spiro atoms. The molecule has 1 amide bonds. The first kappa shape index (κ1) is 14.0. The maximum absolute atomic E-state index is 11.6. The van der Waals surface area contributed by atoms with Crippen molar-refractivity contribution in [3.8, 4) is 0 Å². The van der Waals surface area contributed by atoms with Gasteiger partial charge in [-0.15, -0.1) is 11.3 Å². The highest BCUT2D eigenvalue weighted by molar-refractivity contribution is 7.12. The lowest BCUT2D eigenvalue weighted by atomic mass is 10.2. The molecule has 1 saturated heterocycles. The van der Waals surface area contributed by atoms with Gasteiger partial charge in [-0.25, -0.2) is 0 Å². The summed E-state index contributed by atoms with van der Waals surface area (Å²) in [7, 11) is 0. The van der Waals surface area contributed by atoms with Crippen molar-refractivity contribution in [3.05, 3.63) is 22.4 Å². The van der Waals surface area contributed by atoms with Crippen LogP contribution in [0.3, 0.4) is 0 Å². The monoisotopic (exact) mass is 283 g/mol. The number of esters is 1. The van der Waals surface area contributed by atoms with Crippen molar-refractivity contribution in [2.24, 2.45) is 0 Å². The summed E-state index contributed by atoms with van der Waals surface area (Å²) >= 11 is 1.37. The van der Waals surface area contributed by atoms with E-state index in [0.717, 1.165) is 19.4 Å². The van der Waals surface area contributed by atoms with Crippen LogP contribution >= 0.6 is 11.3 Å². The zero-order valence-electron chi connectivity index (χ0n) is 10.6. The number of ether oxygens (including phenoxy) is 2. The number of carbonyl (C=O) groups excluding carboxylic acids is 2. The van der Waals surface area contributed by atoms with E-state index in [2.05, 4.69) is 5.32 Å². The minimum absolute atomic E-state index is 0.0460. The summed E-state index contributed by atoms with van der Waals surface area (Å²) in [5, 5.41) is 4.52. The Morgan fingerprint density at radius 1 is 1.53 bits per heavy atom. The Bertz CT molecular complexity index is 412. The van der Waals surface area contributed by atoms with Crippen LogP contribution in [0.25, 0.3) is 0 Å². The van der Waals surface area contributed by atoms with Gasteiger partial charge in [0.25, 0.3) is 5.91 Å². The van der Waals surface area contributed by atoms with Gasteiger partial charge in [0.15, 0.2) is 0 Å². The third kappa shape index (κ3) is 4.65. The molecule has 5 nitrogen and oxygen atoms in total. The molecule has 6 heteroatoms. The van der Waals surface area contributed by atoms with Crippen LogP contribution in [0.4, 0.5) is 0 Å². The molecular weight excluding hydrogens is 266 g/mol. The molecular formula is C13H17NO4S. The Morgan fingerprint density at radius 2 is 2.42 bits per heavy atom. The Kier molecular flexibility index (Phi) is 5.35. The van der Waals surface area contributed by atoms with Crippen LogP contribution in [-0.2, 0) is 14.3 Å². The normalized spacial score (nSPS) is 18.2. The van der Waals surface area contributed by atoms with E-state index in [-0.39, 0.29) is 24.4 Å². The SMILES string of the molecule is O=C(CCNC(=O)c1cccs1)OCC1CCCO1. The van der Waals surface area contributed by atoms with Gasteiger partial charge in [-0.05, 0) is 24.3 Å². The first-order valence-corrected chi connectivity index (χ1v) is 7.22. The van der Waals surface area contributed by atoms with Gasteiger partial charge in [0.05, 0.1) is 17.4 Å². The standard InChI is InChI=1S/C13H17NO4S/c15-12(18-9-10-3-1-7-17-10)5-6-14-13(16)11-4-2-8-19-11/h2,4,8,10H,1,3,5-7,9H2,(H,14,16).